The number of thiazole rings is 2. The first-order valence-electron chi connectivity index (χ1n) is 7.78. The van der Waals surface area contributed by atoms with Crippen LogP contribution in [0.2, 0.25) is 0 Å². The Hall–Kier alpha value is -1.08. The molecular weight excluding hydrogens is 372 g/mol. The molecule has 0 atom stereocenters. The average Bonchev–Trinajstić information content (AvgIpc) is 3.23. The van der Waals surface area contributed by atoms with E-state index in [1.54, 1.807) is 22.7 Å². The summed E-state index contributed by atoms with van der Waals surface area (Å²) in [6.07, 6.45) is 0. The van der Waals surface area contributed by atoms with Crippen molar-refractivity contribution in [2.24, 2.45) is 0 Å². The third kappa shape index (κ3) is 2.39. The Morgan fingerprint density at radius 3 is 1.17 bits per heavy atom. The molecule has 4 heterocycles. The van der Waals surface area contributed by atoms with Gasteiger partial charge in [-0.25, -0.2) is 9.97 Å². The highest BCUT2D eigenvalue weighted by atomic mass is 32.1. The summed E-state index contributed by atoms with van der Waals surface area (Å²) in [5.41, 5.74) is 5.50. The van der Waals surface area contributed by atoms with Crippen molar-refractivity contribution in [1.29, 1.82) is 0 Å². The van der Waals surface area contributed by atoms with Crippen LogP contribution in [0.3, 0.4) is 0 Å². The molecule has 0 aliphatic carbocycles. The maximum Gasteiger partial charge on any atom is 0.155 e. The topological polar surface area (TPSA) is 25.8 Å². The zero-order valence-corrected chi connectivity index (χ0v) is 17.8. The first-order chi connectivity index (χ1) is 11.4. The van der Waals surface area contributed by atoms with Crippen molar-refractivity contribution in [3.63, 3.8) is 0 Å². The minimum atomic E-state index is 1.07. The number of rotatable bonds is 2. The quantitative estimate of drug-likeness (QED) is 0.366. The van der Waals surface area contributed by atoms with Crippen LogP contribution in [-0.4, -0.2) is 9.97 Å². The molecule has 4 rings (SSSR count). The molecule has 124 valence electrons. The summed E-state index contributed by atoms with van der Waals surface area (Å²) < 4.78 is 0. The molecule has 0 aliphatic rings. The van der Waals surface area contributed by atoms with E-state index in [-0.39, 0.29) is 0 Å². The number of fused-ring (bicyclic) bond motifs is 1. The van der Waals surface area contributed by atoms with E-state index in [1.165, 1.54) is 41.8 Å². The van der Waals surface area contributed by atoms with E-state index in [2.05, 4.69) is 41.5 Å². The maximum atomic E-state index is 4.89. The number of thiophene rings is 2. The van der Waals surface area contributed by atoms with Gasteiger partial charge in [-0.1, -0.05) is 22.7 Å². The van der Waals surface area contributed by atoms with Gasteiger partial charge in [0, 0.05) is 9.75 Å². The molecule has 0 N–H and O–H groups in total. The highest BCUT2D eigenvalue weighted by molar-refractivity contribution is 7.32. The fourth-order valence-electron chi connectivity index (χ4n) is 2.73. The minimum Gasteiger partial charge on any atom is -0.222 e. The molecular formula is C18H18N2S4. The van der Waals surface area contributed by atoms with Crippen molar-refractivity contribution in [3.8, 4) is 19.8 Å². The largest absolute Gasteiger partial charge is 0.222 e. The SMILES string of the molecule is Cc1sc(-c2nc3sc(-c4sc(C)c(C)c4C)nc3s2)c(C)c1C. The van der Waals surface area contributed by atoms with Crippen LogP contribution in [-0.2, 0) is 0 Å². The van der Waals surface area contributed by atoms with Gasteiger partial charge in [0.25, 0.3) is 0 Å². The van der Waals surface area contributed by atoms with Crippen molar-refractivity contribution < 1.29 is 0 Å². The fraction of sp³-hybridized carbons (Fsp3) is 0.333. The van der Waals surface area contributed by atoms with Crippen molar-refractivity contribution in [2.45, 2.75) is 41.5 Å². The lowest BCUT2D eigenvalue weighted by atomic mass is 10.1. The Morgan fingerprint density at radius 2 is 0.875 bits per heavy atom. The van der Waals surface area contributed by atoms with E-state index in [4.69, 9.17) is 9.97 Å². The Balaban J connectivity index is 1.80. The first-order valence-corrected chi connectivity index (χ1v) is 11.0. The molecule has 0 aromatic carbocycles. The van der Waals surface area contributed by atoms with Gasteiger partial charge >= 0.3 is 0 Å². The molecule has 0 bridgehead atoms. The molecule has 6 heteroatoms. The van der Waals surface area contributed by atoms with Gasteiger partial charge in [-0.05, 0) is 63.8 Å². The molecule has 0 saturated heterocycles. The first kappa shape index (κ1) is 16.4. The lowest BCUT2D eigenvalue weighted by molar-refractivity contribution is 1.35. The Labute approximate surface area is 157 Å². The van der Waals surface area contributed by atoms with Gasteiger partial charge in [0.15, 0.2) is 9.66 Å². The van der Waals surface area contributed by atoms with Gasteiger partial charge in [0.05, 0.1) is 9.75 Å². The highest BCUT2D eigenvalue weighted by Crippen LogP contribution is 2.43. The molecule has 4 aromatic heterocycles. The van der Waals surface area contributed by atoms with Crippen LogP contribution in [0.15, 0.2) is 0 Å². The molecule has 0 amide bonds. The number of aryl methyl sites for hydroxylation is 2. The summed E-state index contributed by atoms with van der Waals surface area (Å²) in [6.45, 7) is 13.2. The van der Waals surface area contributed by atoms with E-state index in [1.807, 2.05) is 22.7 Å². The van der Waals surface area contributed by atoms with Crippen molar-refractivity contribution in [3.05, 3.63) is 32.0 Å². The second-order valence-corrected chi connectivity index (χ2v) is 10.5. The number of hydrogen-bond acceptors (Lipinski definition) is 6. The van der Waals surface area contributed by atoms with Crippen molar-refractivity contribution in [2.75, 3.05) is 0 Å². The molecule has 0 radical (unpaired) electrons. The van der Waals surface area contributed by atoms with Crippen LogP contribution in [0.5, 0.6) is 0 Å². The molecule has 24 heavy (non-hydrogen) atoms. The molecule has 2 nitrogen and oxygen atoms in total. The number of hydrogen-bond donors (Lipinski definition) is 0. The van der Waals surface area contributed by atoms with Gasteiger partial charge in [-0.2, -0.15) is 0 Å². The van der Waals surface area contributed by atoms with Crippen molar-refractivity contribution in [1.82, 2.24) is 9.97 Å². The van der Waals surface area contributed by atoms with Gasteiger partial charge < -0.3 is 0 Å². The second kappa shape index (κ2) is 5.73. The second-order valence-electron chi connectivity index (χ2n) is 6.12. The van der Waals surface area contributed by atoms with Crippen LogP contribution < -0.4 is 0 Å². The lowest BCUT2D eigenvalue weighted by Gasteiger charge is -1.95. The van der Waals surface area contributed by atoms with Crippen LogP contribution in [0, 0.1) is 41.5 Å². The van der Waals surface area contributed by atoms with Gasteiger partial charge in [0.1, 0.15) is 10.0 Å². The number of nitrogens with zero attached hydrogens (tertiary/aromatic N) is 2. The van der Waals surface area contributed by atoms with E-state index >= 15 is 0 Å². The summed E-state index contributed by atoms with van der Waals surface area (Å²) in [5, 5.41) is 2.23. The molecule has 0 fully saturated rings. The third-order valence-electron chi connectivity index (χ3n) is 4.74. The molecule has 0 unspecified atom stereocenters. The molecule has 0 saturated carbocycles. The summed E-state index contributed by atoms with van der Waals surface area (Å²) in [5.74, 6) is 0. The minimum absolute atomic E-state index is 1.07. The van der Waals surface area contributed by atoms with Gasteiger partial charge in [-0.3, -0.25) is 0 Å². The van der Waals surface area contributed by atoms with Crippen LogP contribution in [0.25, 0.3) is 29.4 Å². The monoisotopic (exact) mass is 390 g/mol. The molecule has 0 aliphatic heterocycles. The number of aromatic nitrogens is 2. The van der Waals surface area contributed by atoms with Crippen LogP contribution in [0.1, 0.15) is 32.0 Å². The normalized spacial score (nSPS) is 11.8. The lowest BCUT2D eigenvalue weighted by Crippen LogP contribution is -1.78. The summed E-state index contributed by atoms with van der Waals surface area (Å²) in [7, 11) is 0. The third-order valence-corrected chi connectivity index (χ3v) is 9.69. The van der Waals surface area contributed by atoms with Gasteiger partial charge in [-0.15, -0.1) is 22.7 Å². The van der Waals surface area contributed by atoms with E-state index in [0.717, 1.165) is 19.7 Å². The van der Waals surface area contributed by atoms with Crippen LogP contribution >= 0.6 is 45.3 Å². The average molecular weight is 391 g/mol. The van der Waals surface area contributed by atoms with Crippen molar-refractivity contribution >= 4 is 55.0 Å². The Morgan fingerprint density at radius 1 is 0.500 bits per heavy atom. The van der Waals surface area contributed by atoms with E-state index in [0.29, 0.717) is 0 Å². The predicted molar refractivity (Wildman–Crippen MR) is 110 cm³/mol. The molecule has 0 spiro atoms. The maximum absolute atomic E-state index is 4.89. The fourth-order valence-corrected chi connectivity index (χ4v) is 7.37. The zero-order chi connectivity index (χ0) is 17.2. The van der Waals surface area contributed by atoms with E-state index in [9.17, 15) is 0 Å². The highest BCUT2D eigenvalue weighted by Gasteiger charge is 2.19. The Bertz CT molecular complexity index is 962. The smallest absolute Gasteiger partial charge is 0.155 e. The summed E-state index contributed by atoms with van der Waals surface area (Å²) in [4.78, 5) is 17.3. The molecule has 4 aromatic rings. The standard InChI is InChI=1S/C18H18N2S4/c1-7-9(3)13(21-11(7)5)15-19-17-18(23-15)20-16(24-17)14-10(4)8(2)12(6)22-14/h1-6H3. The summed E-state index contributed by atoms with van der Waals surface area (Å²) in [6, 6.07) is 0. The summed E-state index contributed by atoms with van der Waals surface area (Å²) >= 11 is 7.14. The van der Waals surface area contributed by atoms with E-state index < -0.39 is 0 Å². The predicted octanol–water partition coefficient (Wildman–Crippen LogP) is 7.06. The van der Waals surface area contributed by atoms with Crippen LogP contribution in [0.4, 0.5) is 0 Å². The Kier molecular flexibility index (Phi) is 3.91. The van der Waals surface area contributed by atoms with Gasteiger partial charge in [0.2, 0.25) is 0 Å². The zero-order valence-electron chi connectivity index (χ0n) is 14.5.